The maximum Gasteiger partial charge on any atom is 0.251 e. The number of nitrogens with two attached hydrogens (primary N) is 1. The summed E-state index contributed by atoms with van der Waals surface area (Å²) in [6.45, 7) is 9.57. The number of carbonyl (C=O) groups excluding carboxylic acids is 2. The molecule has 0 rings (SSSR count). The molecule has 0 aliphatic rings. The van der Waals surface area contributed by atoms with Gasteiger partial charge in [-0.25, -0.2) is 0 Å². The van der Waals surface area contributed by atoms with Crippen LogP contribution in [0.3, 0.4) is 0 Å². The van der Waals surface area contributed by atoms with Crippen LogP contribution in [-0.4, -0.2) is 41.0 Å². The Kier molecular flexibility index (Phi) is 8.39. The van der Waals surface area contributed by atoms with E-state index >= 15 is 0 Å². The molecule has 0 spiro atoms. The van der Waals surface area contributed by atoms with Crippen LogP contribution in [0.15, 0.2) is 0 Å². The van der Waals surface area contributed by atoms with E-state index in [1.807, 2.05) is 0 Å². The number of amides is 2. The molecular formula is C14H28N2O3. The van der Waals surface area contributed by atoms with E-state index in [-0.39, 0.29) is 12.3 Å². The van der Waals surface area contributed by atoms with Gasteiger partial charge in [0.15, 0.2) is 0 Å². The van der Waals surface area contributed by atoms with E-state index in [0.717, 1.165) is 12.8 Å². The summed E-state index contributed by atoms with van der Waals surface area (Å²) in [6.07, 6.45) is 0.149. The third-order valence-electron chi connectivity index (χ3n) is 2.94. The van der Waals surface area contributed by atoms with Gasteiger partial charge in [-0.05, 0) is 24.7 Å². The van der Waals surface area contributed by atoms with Crippen molar-refractivity contribution in [2.24, 2.45) is 17.6 Å². The molecule has 0 aliphatic heterocycles. The Balaban J connectivity index is 4.51. The standard InChI is InChI=1S/C14H28N2O3/c1-10(2)5-7-16(8-6-11(3)4)14(19)12(17)9-13(15)18/h10-12,17H,5-9H2,1-4H3,(H2,15,18). The normalized spacial score (nSPS) is 12.8. The topological polar surface area (TPSA) is 83.6 Å². The lowest BCUT2D eigenvalue weighted by Crippen LogP contribution is -2.42. The van der Waals surface area contributed by atoms with E-state index in [1.165, 1.54) is 0 Å². The highest BCUT2D eigenvalue weighted by Crippen LogP contribution is 2.09. The zero-order chi connectivity index (χ0) is 15.0. The minimum absolute atomic E-state index is 0.307. The van der Waals surface area contributed by atoms with Gasteiger partial charge in [-0.15, -0.1) is 0 Å². The van der Waals surface area contributed by atoms with Crippen LogP contribution < -0.4 is 5.73 Å². The first-order valence-corrected chi connectivity index (χ1v) is 6.99. The summed E-state index contributed by atoms with van der Waals surface area (Å²) in [5.74, 6) is -0.0705. The van der Waals surface area contributed by atoms with Gasteiger partial charge in [0.1, 0.15) is 6.10 Å². The predicted octanol–water partition coefficient (Wildman–Crippen LogP) is 1.14. The first kappa shape index (κ1) is 17.9. The molecule has 5 heteroatoms. The number of aliphatic hydroxyl groups excluding tert-OH is 1. The monoisotopic (exact) mass is 272 g/mol. The first-order chi connectivity index (χ1) is 8.73. The van der Waals surface area contributed by atoms with Crippen LogP contribution in [0.4, 0.5) is 0 Å². The Hall–Kier alpha value is -1.10. The maximum atomic E-state index is 12.1. The fraction of sp³-hybridized carbons (Fsp3) is 0.857. The summed E-state index contributed by atoms with van der Waals surface area (Å²) in [5.41, 5.74) is 5.01. The van der Waals surface area contributed by atoms with Gasteiger partial charge < -0.3 is 15.7 Å². The molecule has 0 heterocycles. The molecule has 0 bridgehead atoms. The highest BCUT2D eigenvalue weighted by Gasteiger charge is 2.23. The van der Waals surface area contributed by atoms with Crippen molar-refractivity contribution in [3.05, 3.63) is 0 Å². The van der Waals surface area contributed by atoms with E-state index in [9.17, 15) is 14.7 Å². The minimum atomic E-state index is -1.31. The second-order valence-electron chi connectivity index (χ2n) is 5.88. The summed E-state index contributed by atoms with van der Waals surface area (Å²) < 4.78 is 0. The number of rotatable bonds is 9. The van der Waals surface area contributed by atoms with Crippen molar-refractivity contribution in [2.45, 2.75) is 53.1 Å². The number of hydrogen-bond acceptors (Lipinski definition) is 3. The van der Waals surface area contributed by atoms with Crippen molar-refractivity contribution < 1.29 is 14.7 Å². The van der Waals surface area contributed by atoms with E-state index < -0.39 is 12.0 Å². The van der Waals surface area contributed by atoms with Crippen molar-refractivity contribution in [3.8, 4) is 0 Å². The Morgan fingerprint density at radius 1 is 1.05 bits per heavy atom. The van der Waals surface area contributed by atoms with Crippen LogP contribution >= 0.6 is 0 Å². The third kappa shape index (κ3) is 8.59. The van der Waals surface area contributed by atoms with E-state index in [0.29, 0.717) is 24.9 Å². The number of nitrogens with zero attached hydrogens (tertiary/aromatic N) is 1. The second kappa shape index (κ2) is 8.91. The van der Waals surface area contributed by atoms with Crippen molar-refractivity contribution in [3.63, 3.8) is 0 Å². The fourth-order valence-electron chi connectivity index (χ4n) is 1.65. The van der Waals surface area contributed by atoms with Gasteiger partial charge in [-0.2, -0.15) is 0 Å². The second-order valence-corrected chi connectivity index (χ2v) is 5.88. The zero-order valence-corrected chi connectivity index (χ0v) is 12.6. The van der Waals surface area contributed by atoms with Crippen LogP contribution in [0.1, 0.15) is 47.0 Å². The molecular weight excluding hydrogens is 244 g/mol. The minimum Gasteiger partial charge on any atom is -0.383 e. The molecule has 112 valence electrons. The average molecular weight is 272 g/mol. The molecule has 0 aliphatic carbocycles. The summed E-state index contributed by atoms with van der Waals surface area (Å²) in [5, 5.41) is 9.70. The molecule has 19 heavy (non-hydrogen) atoms. The fourth-order valence-corrected chi connectivity index (χ4v) is 1.65. The molecule has 5 nitrogen and oxygen atoms in total. The Labute approximate surface area is 116 Å². The third-order valence-corrected chi connectivity index (χ3v) is 2.94. The lowest BCUT2D eigenvalue weighted by molar-refractivity contribution is -0.143. The number of hydrogen-bond donors (Lipinski definition) is 2. The molecule has 0 aromatic rings. The van der Waals surface area contributed by atoms with Crippen molar-refractivity contribution in [1.29, 1.82) is 0 Å². The molecule has 3 N–H and O–H groups in total. The van der Waals surface area contributed by atoms with E-state index in [2.05, 4.69) is 27.7 Å². The van der Waals surface area contributed by atoms with E-state index in [4.69, 9.17) is 5.73 Å². The molecule has 0 saturated heterocycles. The quantitative estimate of drug-likeness (QED) is 0.660. The van der Waals surface area contributed by atoms with E-state index in [1.54, 1.807) is 4.90 Å². The van der Waals surface area contributed by atoms with Gasteiger partial charge in [0, 0.05) is 13.1 Å². The summed E-state index contributed by atoms with van der Waals surface area (Å²) in [4.78, 5) is 24.5. The van der Waals surface area contributed by atoms with Crippen LogP contribution in [0.5, 0.6) is 0 Å². The van der Waals surface area contributed by atoms with Gasteiger partial charge in [0.05, 0.1) is 6.42 Å². The summed E-state index contributed by atoms with van der Waals surface area (Å²) >= 11 is 0. The van der Waals surface area contributed by atoms with Crippen molar-refractivity contribution in [1.82, 2.24) is 4.90 Å². The van der Waals surface area contributed by atoms with Crippen LogP contribution in [0.25, 0.3) is 0 Å². The summed E-state index contributed by atoms with van der Waals surface area (Å²) in [7, 11) is 0. The zero-order valence-electron chi connectivity index (χ0n) is 12.6. The highest BCUT2D eigenvalue weighted by molar-refractivity contribution is 5.86. The molecule has 0 radical (unpaired) electrons. The van der Waals surface area contributed by atoms with Crippen LogP contribution in [0, 0.1) is 11.8 Å². The Morgan fingerprint density at radius 2 is 1.47 bits per heavy atom. The van der Waals surface area contributed by atoms with Gasteiger partial charge in [0.2, 0.25) is 5.91 Å². The molecule has 0 fully saturated rings. The SMILES string of the molecule is CC(C)CCN(CCC(C)C)C(=O)C(O)CC(N)=O. The molecule has 0 saturated carbocycles. The lowest BCUT2D eigenvalue weighted by atomic mass is 10.1. The number of carbonyl (C=O) groups is 2. The smallest absolute Gasteiger partial charge is 0.251 e. The average Bonchev–Trinajstić information content (AvgIpc) is 2.26. The first-order valence-electron chi connectivity index (χ1n) is 6.99. The van der Waals surface area contributed by atoms with Gasteiger partial charge in [0.25, 0.3) is 5.91 Å². The van der Waals surface area contributed by atoms with Crippen LogP contribution in [-0.2, 0) is 9.59 Å². The highest BCUT2D eigenvalue weighted by atomic mass is 16.3. The van der Waals surface area contributed by atoms with Gasteiger partial charge in [-0.3, -0.25) is 9.59 Å². The van der Waals surface area contributed by atoms with Gasteiger partial charge in [-0.1, -0.05) is 27.7 Å². The lowest BCUT2D eigenvalue weighted by Gasteiger charge is -2.26. The Morgan fingerprint density at radius 3 is 1.79 bits per heavy atom. The van der Waals surface area contributed by atoms with Crippen molar-refractivity contribution in [2.75, 3.05) is 13.1 Å². The summed E-state index contributed by atoms with van der Waals surface area (Å²) in [6, 6.07) is 0. The molecule has 1 atom stereocenters. The largest absolute Gasteiger partial charge is 0.383 e. The maximum absolute atomic E-state index is 12.1. The Bertz CT molecular complexity index is 278. The number of aliphatic hydroxyl groups is 1. The predicted molar refractivity (Wildman–Crippen MR) is 75.3 cm³/mol. The molecule has 0 aromatic carbocycles. The van der Waals surface area contributed by atoms with Gasteiger partial charge >= 0.3 is 0 Å². The number of primary amides is 1. The molecule has 0 aromatic heterocycles. The van der Waals surface area contributed by atoms with Crippen molar-refractivity contribution >= 4 is 11.8 Å². The van der Waals surface area contributed by atoms with Crippen LogP contribution in [0.2, 0.25) is 0 Å². The molecule has 1 unspecified atom stereocenters. The molecule has 2 amide bonds.